The van der Waals surface area contributed by atoms with E-state index in [2.05, 4.69) is 0 Å². The summed E-state index contributed by atoms with van der Waals surface area (Å²) in [6, 6.07) is 15.3. The monoisotopic (exact) mass is 307 g/mol. The zero-order valence-corrected chi connectivity index (χ0v) is 12.9. The van der Waals surface area contributed by atoms with E-state index < -0.39 is 6.04 Å². The number of imide groups is 1. The third kappa shape index (κ3) is 2.68. The number of carbonyl (C=O) groups excluding carboxylic acids is 3. The molecule has 1 atom stereocenters. The number of nitrogens with zero attached hydrogens (tertiary/aromatic N) is 1. The summed E-state index contributed by atoms with van der Waals surface area (Å²) >= 11 is 0. The minimum absolute atomic E-state index is 0.0611. The van der Waals surface area contributed by atoms with E-state index in [1.807, 2.05) is 13.0 Å². The second kappa shape index (κ2) is 6.16. The van der Waals surface area contributed by atoms with Crippen LogP contribution in [0.3, 0.4) is 0 Å². The Morgan fingerprint density at radius 3 is 1.96 bits per heavy atom. The number of hydrogen-bond acceptors (Lipinski definition) is 3. The van der Waals surface area contributed by atoms with Gasteiger partial charge in [-0.05, 0) is 18.6 Å². The third-order valence-corrected chi connectivity index (χ3v) is 4.18. The molecule has 0 radical (unpaired) electrons. The Balaban J connectivity index is 1.84. The molecule has 23 heavy (non-hydrogen) atoms. The Bertz CT molecular complexity index is 732. The molecule has 0 fully saturated rings. The predicted octanol–water partition coefficient (Wildman–Crippen LogP) is 3.33. The Morgan fingerprint density at radius 1 is 0.913 bits per heavy atom. The minimum atomic E-state index is -0.421. The van der Waals surface area contributed by atoms with Gasteiger partial charge in [0.1, 0.15) is 0 Å². The highest BCUT2D eigenvalue weighted by atomic mass is 16.2. The van der Waals surface area contributed by atoms with Crippen molar-refractivity contribution in [1.82, 2.24) is 4.90 Å². The summed E-state index contributed by atoms with van der Waals surface area (Å²) in [5.41, 5.74) is 1.44. The van der Waals surface area contributed by atoms with Gasteiger partial charge in [-0.25, -0.2) is 0 Å². The number of ketones is 1. The van der Waals surface area contributed by atoms with E-state index in [-0.39, 0.29) is 24.0 Å². The lowest BCUT2D eigenvalue weighted by atomic mass is 10.0. The van der Waals surface area contributed by atoms with E-state index in [9.17, 15) is 14.4 Å². The number of rotatable bonds is 5. The zero-order valence-electron chi connectivity index (χ0n) is 12.9. The molecule has 0 aliphatic carbocycles. The molecule has 3 rings (SSSR count). The van der Waals surface area contributed by atoms with Crippen LogP contribution in [0.4, 0.5) is 0 Å². The molecule has 0 spiro atoms. The first-order valence-electron chi connectivity index (χ1n) is 7.68. The first kappa shape index (κ1) is 15.2. The molecule has 0 N–H and O–H groups in total. The summed E-state index contributed by atoms with van der Waals surface area (Å²) in [4.78, 5) is 38.7. The second-order valence-corrected chi connectivity index (χ2v) is 5.58. The maximum atomic E-state index is 12.5. The summed E-state index contributed by atoms with van der Waals surface area (Å²) in [6.07, 6.45) is 0.691. The van der Waals surface area contributed by atoms with E-state index >= 15 is 0 Å². The van der Waals surface area contributed by atoms with Gasteiger partial charge in [0.05, 0.1) is 11.1 Å². The van der Waals surface area contributed by atoms with Crippen molar-refractivity contribution in [3.63, 3.8) is 0 Å². The molecule has 0 saturated carbocycles. The van der Waals surface area contributed by atoms with Crippen molar-refractivity contribution in [1.29, 1.82) is 0 Å². The van der Waals surface area contributed by atoms with Crippen molar-refractivity contribution in [3.8, 4) is 0 Å². The molecule has 4 nitrogen and oxygen atoms in total. The minimum Gasteiger partial charge on any atom is -0.294 e. The molecular weight excluding hydrogens is 290 g/mol. The van der Waals surface area contributed by atoms with Gasteiger partial charge in [-0.2, -0.15) is 0 Å². The molecule has 0 saturated heterocycles. The Labute approximate surface area is 134 Å². The molecular formula is C19H17NO3. The molecule has 2 aromatic rings. The number of carbonyl (C=O) groups is 3. The lowest BCUT2D eigenvalue weighted by Crippen LogP contribution is -2.40. The highest BCUT2D eigenvalue weighted by Gasteiger charge is 2.39. The maximum absolute atomic E-state index is 12.5. The van der Waals surface area contributed by atoms with Crippen molar-refractivity contribution < 1.29 is 14.4 Å². The normalized spacial score (nSPS) is 14.7. The summed E-state index contributed by atoms with van der Waals surface area (Å²) in [7, 11) is 0. The number of Topliss-reactive ketones (excluding diaryl/α,β-unsaturated/α-hetero) is 1. The fourth-order valence-electron chi connectivity index (χ4n) is 2.91. The van der Waals surface area contributed by atoms with Crippen molar-refractivity contribution in [2.45, 2.75) is 25.8 Å². The van der Waals surface area contributed by atoms with Crippen molar-refractivity contribution in [3.05, 3.63) is 71.3 Å². The number of benzene rings is 2. The SMILES string of the molecule is CCC(CC(=O)c1ccccc1)N1C(=O)c2ccccc2C1=O. The van der Waals surface area contributed by atoms with Crippen molar-refractivity contribution >= 4 is 17.6 Å². The van der Waals surface area contributed by atoms with Gasteiger partial charge in [0, 0.05) is 18.0 Å². The van der Waals surface area contributed by atoms with Crippen LogP contribution < -0.4 is 0 Å². The number of amides is 2. The molecule has 1 aliphatic heterocycles. The number of hydrogen-bond donors (Lipinski definition) is 0. The van der Waals surface area contributed by atoms with E-state index in [1.54, 1.807) is 48.5 Å². The summed E-state index contributed by atoms with van der Waals surface area (Å²) < 4.78 is 0. The molecule has 1 unspecified atom stereocenters. The summed E-state index contributed by atoms with van der Waals surface area (Å²) in [5, 5.41) is 0. The molecule has 2 amide bonds. The largest absolute Gasteiger partial charge is 0.294 e. The Hall–Kier alpha value is -2.75. The first-order chi connectivity index (χ1) is 11.1. The van der Waals surface area contributed by atoms with Crippen LogP contribution >= 0.6 is 0 Å². The van der Waals surface area contributed by atoms with Gasteiger partial charge in [0.15, 0.2) is 5.78 Å². The quantitative estimate of drug-likeness (QED) is 0.629. The second-order valence-electron chi connectivity index (χ2n) is 5.58. The topological polar surface area (TPSA) is 54.5 Å². The van der Waals surface area contributed by atoms with E-state index in [4.69, 9.17) is 0 Å². The van der Waals surface area contributed by atoms with Gasteiger partial charge < -0.3 is 0 Å². The fraction of sp³-hybridized carbons (Fsp3) is 0.211. The summed E-state index contributed by atoms with van der Waals surface area (Å²) in [6.45, 7) is 1.88. The fourth-order valence-corrected chi connectivity index (χ4v) is 2.91. The van der Waals surface area contributed by atoms with E-state index in [1.165, 1.54) is 4.90 Å². The van der Waals surface area contributed by atoms with Crippen LogP contribution in [-0.2, 0) is 0 Å². The Kier molecular flexibility index (Phi) is 4.06. The molecule has 0 bridgehead atoms. The molecule has 0 aromatic heterocycles. The highest BCUT2D eigenvalue weighted by Crippen LogP contribution is 2.27. The standard InChI is InChI=1S/C19H17NO3/c1-2-14(12-17(21)13-8-4-3-5-9-13)20-18(22)15-10-6-7-11-16(15)19(20)23/h3-11,14H,2,12H2,1H3. The summed E-state index contributed by atoms with van der Waals surface area (Å²) in [5.74, 6) is -0.675. The maximum Gasteiger partial charge on any atom is 0.261 e. The van der Waals surface area contributed by atoms with Crippen LogP contribution in [0.1, 0.15) is 50.8 Å². The molecule has 116 valence electrons. The lowest BCUT2D eigenvalue weighted by Gasteiger charge is -2.24. The van der Waals surface area contributed by atoms with Gasteiger partial charge in [0.25, 0.3) is 11.8 Å². The van der Waals surface area contributed by atoms with Gasteiger partial charge >= 0.3 is 0 Å². The molecule has 2 aromatic carbocycles. The van der Waals surface area contributed by atoms with Crippen LogP contribution in [0.5, 0.6) is 0 Å². The average molecular weight is 307 g/mol. The van der Waals surface area contributed by atoms with Gasteiger partial charge in [-0.15, -0.1) is 0 Å². The molecule has 4 heteroatoms. The molecule has 1 heterocycles. The van der Waals surface area contributed by atoms with Crippen molar-refractivity contribution in [2.24, 2.45) is 0 Å². The smallest absolute Gasteiger partial charge is 0.261 e. The third-order valence-electron chi connectivity index (χ3n) is 4.18. The van der Waals surface area contributed by atoms with Gasteiger partial charge in [0.2, 0.25) is 0 Å². The zero-order chi connectivity index (χ0) is 16.4. The van der Waals surface area contributed by atoms with Crippen LogP contribution in [0.15, 0.2) is 54.6 Å². The van der Waals surface area contributed by atoms with Crippen LogP contribution in [0, 0.1) is 0 Å². The van der Waals surface area contributed by atoms with Crippen molar-refractivity contribution in [2.75, 3.05) is 0 Å². The predicted molar refractivity (Wildman–Crippen MR) is 86.4 cm³/mol. The van der Waals surface area contributed by atoms with Gasteiger partial charge in [-0.3, -0.25) is 19.3 Å². The average Bonchev–Trinajstić information content (AvgIpc) is 2.85. The first-order valence-corrected chi connectivity index (χ1v) is 7.68. The lowest BCUT2D eigenvalue weighted by molar-refractivity contribution is 0.0567. The highest BCUT2D eigenvalue weighted by molar-refractivity contribution is 6.21. The van der Waals surface area contributed by atoms with Crippen LogP contribution in [-0.4, -0.2) is 28.5 Å². The number of fused-ring (bicyclic) bond motifs is 1. The van der Waals surface area contributed by atoms with E-state index in [0.717, 1.165) is 0 Å². The van der Waals surface area contributed by atoms with E-state index in [0.29, 0.717) is 23.1 Å². The Morgan fingerprint density at radius 2 is 1.43 bits per heavy atom. The van der Waals surface area contributed by atoms with Crippen LogP contribution in [0.2, 0.25) is 0 Å². The molecule has 1 aliphatic rings. The van der Waals surface area contributed by atoms with Gasteiger partial charge in [-0.1, -0.05) is 49.4 Å². The van der Waals surface area contributed by atoms with Crippen LogP contribution in [0.25, 0.3) is 0 Å².